The third-order valence-corrected chi connectivity index (χ3v) is 4.38. The molecule has 0 aliphatic heterocycles. The molecule has 5 heteroatoms. The van der Waals surface area contributed by atoms with Crippen molar-refractivity contribution in [3.63, 3.8) is 0 Å². The van der Waals surface area contributed by atoms with Crippen LogP contribution in [0, 0.1) is 0 Å². The van der Waals surface area contributed by atoms with E-state index in [1.165, 1.54) is 5.56 Å². The molecule has 2 aromatic heterocycles. The SMILES string of the molecule is NCc1cccc(-n2ccc3cc(CCCCCNC=O)cnc32)c1. The van der Waals surface area contributed by atoms with Crippen molar-refractivity contribution in [1.82, 2.24) is 14.9 Å². The summed E-state index contributed by atoms with van der Waals surface area (Å²) in [5.41, 5.74) is 10.2. The van der Waals surface area contributed by atoms with Gasteiger partial charge in [-0.05, 0) is 54.7 Å². The van der Waals surface area contributed by atoms with Gasteiger partial charge >= 0.3 is 0 Å². The summed E-state index contributed by atoms with van der Waals surface area (Å²) < 4.78 is 2.10. The van der Waals surface area contributed by atoms with E-state index < -0.39 is 0 Å². The standard InChI is InChI=1S/C20H24N4O/c21-13-16-6-4-7-19(12-16)24-10-8-18-11-17(14-23-20(18)24)5-2-1-3-9-22-15-25/h4,6-8,10-12,14-15H,1-3,5,9,13,21H2,(H,22,25). The average molecular weight is 336 g/mol. The van der Waals surface area contributed by atoms with E-state index in [9.17, 15) is 4.79 Å². The highest BCUT2D eigenvalue weighted by Crippen LogP contribution is 2.21. The van der Waals surface area contributed by atoms with Crippen molar-refractivity contribution in [2.24, 2.45) is 5.73 Å². The van der Waals surface area contributed by atoms with Crippen LogP contribution in [0.4, 0.5) is 0 Å². The fourth-order valence-electron chi connectivity index (χ4n) is 3.04. The van der Waals surface area contributed by atoms with Crippen molar-refractivity contribution in [1.29, 1.82) is 0 Å². The van der Waals surface area contributed by atoms with Crippen molar-refractivity contribution in [3.05, 3.63) is 59.9 Å². The number of aromatic nitrogens is 2. The lowest BCUT2D eigenvalue weighted by atomic mass is 10.1. The van der Waals surface area contributed by atoms with Crippen molar-refractivity contribution in [2.75, 3.05) is 6.54 Å². The van der Waals surface area contributed by atoms with Crippen LogP contribution < -0.4 is 11.1 Å². The maximum Gasteiger partial charge on any atom is 0.207 e. The second-order valence-corrected chi connectivity index (χ2v) is 6.20. The van der Waals surface area contributed by atoms with E-state index in [0.29, 0.717) is 6.54 Å². The summed E-state index contributed by atoms with van der Waals surface area (Å²) in [4.78, 5) is 14.9. The lowest BCUT2D eigenvalue weighted by Gasteiger charge is -2.07. The molecule has 3 rings (SSSR count). The summed E-state index contributed by atoms with van der Waals surface area (Å²) >= 11 is 0. The molecule has 0 saturated heterocycles. The molecule has 2 heterocycles. The molecule has 5 nitrogen and oxygen atoms in total. The van der Waals surface area contributed by atoms with Crippen LogP contribution in [-0.2, 0) is 17.8 Å². The van der Waals surface area contributed by atoms with Gasteiger partial charge in [0.25, 0.3) is 0 Å². The van der Waals surface area contributed by atoms with Crippen molar-refractivity contribution in [3.8, 4) is 5.69 Å². The van der Waals surface area contributed by atoms with Gasteiger partial charge in [0.2, 0.25) is 6.41 Å². The molecule has 130 valence electrons. The third-order valence-electron chi connectivity index (χ3n) is 4.38. The number of fused-ring (bicyclic) bond motifs is 1. The monoisotopic (exact) mass is 336 g/mol. The number of pyridine rings is 1. The van der Waals surface area contributed by atoms with Gasteiger partial charge in [-0.2, -0.15) is 0 Å². The predicted octanol–water partition coefficient (Wildman–Crippen LogP) is 2.94. The number of benzene rings is 1. The van der Waals surface area contributed by atoms with Crippen molar-refractivity contribution < 1.29 is 4.79 Å². The largest absolute Gasteiger partial charge is 0.359 e. The molecule has 0 spiro atoms. The van der Waals surface area contributed by atoms with Crippen molar-refractivity contribution >= 4 is 17.4 Å². The number of hydrogen-bond acceptors (Lipinski definition) is 3. The van der Waals surface area contributed by atoms with Gasteiger partial charge < -0.3 is 15.6 Å². The van der Waals surface area contributed by atoms with E-state index in [1.54, 1.807) is 0 Å². The normalized spacial score (nSPS) is 10.9. The Bertz CT molecular complexity index is 841. The quantitative estimate of drug-likeness (QED) is 0.466. The molecular weight excluding hydrogens is 312 g/mol. The molecule has 0 aliphatic rings. The van der Waals surface area contributed by atoms with Crippen LogP contribution >= 0.6 is 0 Å². The first kappa shape index (κ1) is 17.2. The second kappa shape index (κ2) is 8.44. The Morgan fingerprint density at radius 3 is 2.88 bits per heavy atom. The first-order chi connectivity index (χ1) is 12.3. The van der Waals surface area contributed by atoms with Crippen LogP contribution in [0.2, 0.25) is 0 Å². The molecule has 0 bridgehead atoms. The van der Waals surface area contributed by atoms with Gasteiger partial charge in [-0.25, -0.2) is 4.98 Å². The maximum atomic E-state index is 10.2. The van der Waals surface area contributed by atoms with E-state index in [4.69, 9.17) is 5.73 Å². The number of carbonyl (C=O) groups is 1. The molecule has 0 aliphatic carbocycles. The number of nitrogens with one attached hydrogen (secondary N) is 1. The Labute approximate surface area is 147 Å². The van der Waals surface area contributed by atoms with Crippen LogP contribution in [0.25, 0.3) is 16.7 Å². The average Bonchev–Trinajstić information content (AvgIpc) is 3.08. The Hall–Kier alpha value is -2.66. The van der Waals surface area contributed by atoms with E-state index in [1.807, 2.05) is 18.3 Å². The predicted molar refractivity (Wildman–Crippen MR) is 101 cm³/mol. The number of carbonyl (C=O) groups excluding carboxylic acids is 1. The van der Waals surface area contributed by atoms with E-state index >= 15 is 0 Å². The van der Waals surface area contributed by atoms with Gasteiger partial charge in [0, 0.05) is 36.6 Å². The number of nitrogens with zero attached hydrogens (tertiary/aromatic N) is 2. The van der Waals surface area contributed by atoms with Gasteiger partial charge in [0.05, 0.1) is 0 Å². The van der Waals surface area contributed by atoms with Crippen LogP contribution in [0.15, 0.2) is 48.8 Å². The van der Waals surface area contributed by atoms with Crippen molar-refractivity contribution in [2.45, 2.75) is 32.2 Å². The first-order valence-corrected chi connectivity index (χ1v) is 8.74. The van der Waals surface area contributed by atoms with Gasteiger partial charge in [0.15, 0.2) is 0 Å². The molecule has 3 aromatic rings. The smallest absolute Gasteiger partial charge is 0.207 e. The van der Waals surface area contributed by atoms with Crippen LogP contribution in [0.5, 0.6) is 0 Å². The van der Waals surface area contributed by atoms with Crippen LogP contribution in [-0.4, -0.2) is 22.5 Å². The number of hydrogen-bond donors (Lipinski definition) is 2. The molecule has 0 saturated carbocycles. The highest BCUT2D eigenvalue weighted by Gasteiger charge is 2.06. The van der Waals surface area contributed by atoms with E-state index in [-0.39, 0.29) is 0 Å². The minimum absolute atomic E-state index is 0.535. The summed E-state index contributed by atoms with van der Waals surface area (Å²) in [6.45, 7) is 1.29. The molecule has 0 atom stereocenters. The Kier molecular flexibility index (Phi) is 5.80. The maximum absolute atomic E-state index is 10.2. The summed E-state index contributed by atoms with van der Waals surface area (Å²) in [5, 5.41) is 3.85. The zero-order chi connectivity index (χ0) is 17.5. The molecule has 1 aromatic carbocycles. The summed E-state index contributed by atoms with van der Waals surface area (Å²) in [5.74, 6) is 0. The fourth-order valence-corrected chi connectivity index (χ4v) is 3.04. The molecule has 3 N–H and O–H groups in total. The zero-order valence-electron chi connectivity index (χ0n) is 14.3. The highest BCUT2D eigenvalue weighted by molar-refractivity contribution is 5.78. The van der Waals surface area contributed by atoms with Gasteiger partial charge in [-0.15, -0.1) is 0 Å². The summed E-state index contributed by atoms with van der Waals surface area (Å²) in [6.07, 6.45) is 9.02. The highest BCUT2D eigenvalue weighted by atomic mass is 16.1. The number of unbranched alkanes of at least 4 members (excludes halogenated alkanes) is 2. The van der Waals surface area contributed by atoms with Crippen LogP contribution in [0.3, 0.4) is 0 Å². The molecule has 0 unspecified atom stereocenters. The minimum atomic E-state index is 0.535. The van der Waals surface area contributed by atoms with Gasteiger partial charge in [0.1, 0.15) is 5.65 Å². The van der Waals surface area contributed by atoms with Gasteiger partial charge in [-0.1, -0.05) is 18.6 Å². The number of nitrogens with two attached hydrogens (primary N) is 1. The topological polar surface area (TPSA) is 72.9 Å². The number of aryl methyl sites for hydroxylation is 1. The number of amides is 1. The summed E-state index contributed by atoms with van der Waals surface area (Å²) in [6, 6.07) is 12.6. The van der Waals surface area contributed by atoms with Crippen LogP contribution in [0.1, 0.15) is 30.4 Å². The summed E-state index contributed by atoms with van der Waals surface area (Å²) in [7, 11) is 0. The van der Waals surface area contributed by atoms with Gasteiger partial charge in [-0.3, -0.25) is 4.79 Å². The number of rotatable bonds is 9. The second-order valence-electron chi connectivity index (χ2n) is 6.20. The first-order valence-electron chi connectivity index (χ1n) is 8.74. The third kappa shape index (κ3) is 4.25. The molecule has 25 heavy (non-hydrogen) atoms. The molecule has 0 radical (unpaired) electrons. The Balaban J connectivity index is 1.69. The lowest BCUT2D eigenvalue weighted by Crippen LogP contribution is -2.11. The minimum Gasteiger partial charge on any atom is -0.359 e. The molecule has 1 amide bonds. The molecular formula is C20H24N4O. The van der Waals surface area contributed by atoms with E-state index in [0.717, 1.165) is 60.9 Å². The molecule has 0 fully saturated rings. The Morgan fingerprint density at radius 1 is 1.12 bits per heavy atom. The fraction of sp³-hybridized carbons (Fsp3) is 0.300. The lowest BCUT2D eigenvalue weighted by molar-refractivity contribution is -0.109. The van der Waals surface area contributed by atoms with E-state index in [2.05, 4.69) is 45.3 Å². The zero-order valence-corrected chi connectivity index (χ0v) is 14.3. The Morgan fingerprint density at radius 2 is 2.04 bits per heavy atom.